The standard InChI is InChI=1S/C33H56O/c1-8-11-24-21-33(7)29(26(12-9-2)31(24)34)16-15-25-28-18-17-27(23(5)14-10-13-22(3)4)32(28,6)20-19-30(25)33/h8-9,22-31,34H,1-2,10-21H2,3-7H3/t23-,24-,25+,26+,27-,28+,29?,30+,31-,32-,33+/m1/s1. The number of aliphatic hydroxyl groups is 1. The number of allylic oxidation sites excluding steroid dienone is 2. The SMILES string of the molecule is C=CC[C@@H]1C[C@@]2(C)C(CC[C@H]3[C@@H]4CC[C@H]([C@H](C)CCCC(C)C)[C@@]4(C)CC[C@@H]32)[C@H](CC=C)[C@@H]1O. The van der Waals surface area contributed by atoms with Crippen molar-refractivity contribution in [2.24, 2.45) is 64.1 Å². The molecule has 11 atom stereocenters. The molecule has 0 aromatic heterocycles. The molecule has 4 aliphatic carbocycles. The van der Waals surface area contributed by atoms with E-state index in [1.54, 1.807) is 0 Å². The minimum Gasteiger partial charge on any atom is -0.393 e. The molecule has 0 amide bonds. The van der Waals surface area contributed by atoms with E-state index in [4.69, 9.17) is 0 Å². The van der Waals surface area contributed by atoms with Crippen LogP contribution in [0.5, 0.6) is 0 Å². The highest BCUT2D eigenvalue weighted by Gasteiger charge is 2.62. The summed E-state index contributed by atoms with van der Waals surface area (Å²) in [4.78, 5) is 0. The normalized spacial score (nSPS) is 46.9. The molecule has 1 nitrogen and oxygen atoms in total. The van der Waals surface area contributed by atoms with E-state index in [1.165, 1.54) is 64.2 Å². The van der Waals surface area contributed by atoms with Gasteiger partial charge in [-0.05, 0) is 122 Å². The zero-order valence-electron chi connectivity index (χ0n) is 23.3. The number of fused-ring (bicyclic) bond motifs is 5. The van der Waals surface area contributed by atoms with E-state index in [0.29, 0.717) is 28.6 Å². The van der Waals surface area contributed by atoms with Crippen LogP contribution >= 0.6 is 0 Å². The Kier molecular flexibility index (Phi) is 8.13. The van der Waals surface area contributed by atoms with Crippen LogP contribution in [0, 0.1) is 64.1 Å². The molecule has 4 fully saturated rings. The van der Waals surface area contributed by atoms with Crippen molar-refractivity contribution in [2.45, 2.75) is 118 Å². The Morgan fingerprint density at radius 2 is 1.53 bits per heavy atom. The van der Waals surface area contributed by atoms with Gasteiger partial charge in [0.2, 0.25) is 0 Å². The minimum atomic E-state index is -0.179. The van der Waals surface area contributed by atoms with Crippen LogP contribution in [0.25, 0.3) is 0 Å². The van der Waals surface area contributed by atoms with E-state index in [2.05, 4.69) is 59.9 Å². The second-order valence-corrected chi connectivity index (χ2v) is 14.3. The lowest BCUT2D eigenvalue weighted by molar-refractivity contribution is -0.169. The molecular formula is C33H56O. The molecule has 0 aliphatic heterocycles. The molecule has 34 heavy (non-hydrogen) atoms. The van der Waals surface area contributed by atoms with Crippen LogP contribution in [-0.4, -0.2) is 11.2 Å². The maximum absolute atomic E-state index is 11.3. The van der Waals surface area contributed by atoms with Crippen molar-refractivity contribution in [1.29, 1.82) is 0 Å². The van der Waals surface area contributed by atoms with Crippen LogP contribution in [-0.2, 0) is 0 Å². The first kappa shape index (κ1) is 26.5. The van der Waals surface area contributed by atoms with E-state index in [-0.39, 0.29) is 6.10 Å². The van der Waals surface area contributed by atoms with Gasteiger partial charge in [-0.25, -0.2) is 0 Å². The largest absolute Gasteiger partial charge is 0.393 e. The summed E-state index contributed by atoms with van der Waals surface area (Å²) in [5.41, 5.74) is 0.947. The summed E-state index contributed by atoms with van der Waals surface area (Å²) in [6, 6.07) is 0. The molecule has 4 saturated carbocycles. The molecule has 0 aromatic carbocycles. The molecule has 194 valence electrons. The topological polar surface area (TPSA) is 20.2 Å². The third kappa shape index (κ3) is 4.50. The molecule has 1 heteroatoms. The maximum Gasteiger partial charge on any atom is 0.0605 e. The summed E-state index contributed by atoms with van der Waals surface area (Å²) in [6.07, 6.45) is 19.9. The number of hydrogen-bond acceptors (Lipinski definition) is 1. The predicted octanol–water partition coefficient (Wildman–Crippen LogP) is 9.07. The first-order valence-electron chi connectivity index (χ1n) is 15.1. The zero-order valence-corrected chi connectivity index (χ0v) is 23.3. The van der Waals surface area contributed by atoms with Crippen LogP contribution in [0.15, 0.2) is 25.3 Å². The van der Waals surface area contributed by atoms with Gasteiger partial charge in [0, 0.05) is 0 Å². The first-order valence-corrected chi connectivity index (χ1v) is 15.1. The van der Waals surface area contributed by atoms with Crippen LogP contribution in [0.3, 0.4) is 0 Å². The molecule has 0 heterocycles. The van der Waals surface area contributed by atoms with E-state index in [0.717, 1.165) is 48.3 Å². The van der Waals surface area contributed by atoms with Crippen molar-refractivity contribution in [1.82, 2.24) is 0 Å². The molecule has 0 saturated heterocycles. The molecular weight excluding hydrogens is 412 g/mol. The third-order valence-corrected chi connectivity index (χ3v) is 12.2. The van der Waals surface area contributed by atoms with Crippen LogP contribution in [0.1, 0.15) is 112 Å². The Morgan fingerprint density at radius 3 is 2.21 bits per heavy atom. The zero-order chi connectivity index (χ0) is 24.7. The van der Waals surface area contributed by atoms with Gasteiger partial charge >= 0.3 is 0 Å². The van der Waals surface area contributed by atoms with Gasteiger partial charge in [0.15, 0.2) is 0 Å². The van der Waals surface area contributed by atoms with Gasteiger partial charge in [-0.15, -0.1) is 13.2 Å². The second-order valence-electron chi connectivity index (χ2n) is 14.3. The molecule has 0 radical (unpaired) electrons. The second kappa shape index (κ2) is 10.4. The lowest BCUT2D eigenvalue weighted by Crippen LogP contribution is -2.58. The summed E-state index contributed by atoms with van der Waals surface area (Å²) in [5.74, 6) is 6.81. The summed E-state index contributed by atoms with van der Waals surface area (Å²) in [7, 11) is 0. The van der Waals surface area contributed by atoms with Gasteiger partial charge in [0.25, 0.3) is 0 Å². The lowest BCUT2D eigenvalue weighted by atomic mass is 9.41. The Labute approximate surface area is 212 Å². The summed E-state index contributed by atoms with van der Waals surface area (Å²) in [6.45, 7) is 20.8. The molecule has 4 aliphatic rings. The highest BCUT2D eigenvalue weighted by Crippen LogP contribution is 2.69. The Morgan fingerprint density at radius 1 is 0.853 bits per heavy atom. The first-order chi connectivity index (χ1) is 16.2. The van der Waals surface area contributed by atoms with Gasteiger partial charge in [-0.3, -0.25) is 0 Å². The van der Waals surface area contributed by atoms with Gasteiger partial charge in [0.1, 0.15) is 0 Å². The molecule has 1 unspecified atom stereocenters. The van der Waals surface area contributed by atoms with E-state index >= 15 is 0 Å². The Bertz CT molecular complexity index is 709. The summed E-state index contributed by atoms with van der Waals surface area (Å²) >= 11 is 0. The number of hydrogen-bond donors (Lipinski definition) is 1. The fourth-order valence-electron chi connectivity index (χ4n) is 10.7. The summed E-state index contributed by atoms with van der Waals surface area (Å²) < 4.78 is 0. The van der Waals surface area contributed by atoms with Gasteiger partial charge in [-0.2, -0.15) is 0 Å². The lowest BCUT2D eigenvalue weighted by Gasteiger charge is -2.64. The van der Waals surface area contributed by atoms with E-state index in [1.807, 2.05) is 0 Å². The number of aliphatic hydroxyl groups excluding tert-OH is 1. The van der Waals surface area contributed by atoms with Crippen molar-refractivity contribution in [3.05, 3.63) is 25.3 Å². The third-order valence-electron chi connectivity index (χ3n) is 12.2. The molecule has 1 N–H and O–H groups in total. The van der Waals surface area contributed by atoms with Crippen molar-refractivity contribution in [3.8, 4) is 0 Å². The average Bonchev–Trinajstić information content (AvgIpc) is 3.14. The Hall–Kier alpha value is -0.560. The van der Waals surface area contributed by atoms with E-state index in [9.17, 15) is 5.11 Å². The fraction of sp³-hybridized carbons (Fsp3) is 0.879. The van der Waals surface area contributed by atoms with Crippen LogP contribution in [0.4, 0.5) is 0 Å². The summed E-state index contributed by atoms with van der Waals surface area (Å²) in [5, 5.41) is 11.3. The van der Waals surface area contributed by atoms with E-state index < -0.39 is 0 Å². The monoisotopic (exact) mass is 468 g/mol. The Balaban J connectivity index is 1.53. The quantitative estimate of drug-likeness (QED) is 0.334. The smallest absolute Gasteiger partial charge is 0.0605 e. The molecule has 4 rings (SSSR count). The predicted molar refractivity (Wildman–Crippen MR) is 146 cm³/mol. The maximum atomic E-state index is 11.3. The molecule has 0 bridgehead atoms. The van der Waals surface area contributed by atoms with Crippen LogP contribution < -0.4 is 0 Å². The van der Waals surface area contributed by atoms with Crippen molar-refractivity contribution in [2.75, 3.05) is 0 Å². The molecule has 0 aromatic rings. The number of rotatable bonds is 9. The van der Waals surface area contributed by atoms with Crippen LogP contribution in [0.2, 0.25) is 0 Å². The highest BCUT2D eigenvalue weighted by molar-refractivity contribution is 5.12. The fourth-order valence-corrected chi connectivity index (χ4v) is 10.7. The van der Waals surface area contributed by atoms with Gasteiger partial charge in [0.05, 0.1) is 6.10 Å². The van der Waals surface area contributed by atoms with Crippen molar-refractivity contribution in [3.63, 3.8) is 0 Å². The van der Waals surface area contributed by atoms with Crippen molar-refractivity contribution >= 4 is 0 Å². The van der Waals surface area contributed by atoms with Crippen molar-refractivity contribution < 1.29 is 5.11 Å². The van der Waals surface area contributed by atoms with Gasteiger partial charge < -0.3 is 5.11 Å². The average molecular weight is 469 g/mol. The van der Waals surface area contributed by atoms with Gasteiger partial charge in [-0.1, -0.05) is 66.0 Å². The highest BCUT2D eigenvalue weighted by atomic mass is 16.3. The minimum absolute atomic E-state index is 0.179. The molecule has 0 spiro atoms.